The molecular formula is C16H20F3N3O2. The minimum absolute atomic E-state index is 0.0892. The number of nitrogens with one attached hydrogen (secondary N) is 1. The third kappa shape index (κ3) is 4.25. The van der Waals surface area contributed by atoms with E-state index < -0.39 is 23.8 Å². The van der Waals surface area contributed by atoms with Gasteiger partial charge in [-0.1, -0.05) is 25.5 Å². The predicted octanol–water partition coefficient (Wildman–Crippen LogP) is 2.82. The Hall–Kier alpha value is -2.09. The Morgan fingerprint density at radius 3 is 2.38 bits per heavy atom. The molecule has 1 atom stereocenters. The molecule has 1 saturated heterocycles. The maximum absolute atomic E-state index is 12.5. The summed E-state index contributed by atoms with van der Waals surface area (Å²) in [5.74, 6) is -0.263. The van der Waals surface area contributed by atoms with E-state index in [1.54, 1.807) is 11.9 Å². The van der Waals surface area contributed by atoms with Gasteiger partial charge in [-0.2, -0.15) is 13.2 Å². The highest BCUT2D eigenvalue weighted by Crippen LogP contribution is 2.29. The fourth-order valence-electron chi connectivity index (χ4n) is 2.60. The van der Waals surface area contributed by atoms with Gasteiger partial charge in [0, 0.05) is 6.54 Å². The first-order chi connectivity index (χ1) is 11.2. The quantitative estimate of drug-likeness (QED) is 0.808. The Morgan fingerprint density at radius 1 is 1.21 bits per heavy atom. The average Bonchev–Trinajstić information content (AvgIpc) is 2.75. The van der Waals surface area contributed by atoms with Crippen molar-refractivity contribution >= 4 is 11.9 Å². The lowest BCUT2D eigenvalue weighted by Gasteiger charge is -2.22. The standard InChI is InChI=1S/C16H20F3N3O2/c1-3-4-13-14(23)22(15(24)20-13)10-21(2)9-11-5-7-12(8-6-11)16(17,18)19/h5-8,13H,3-4,9-10H2,1-2H3,(H,20,24)/t13-/m0/s1. The second-order valence-corrected chi connectivity index (χ2v) is 5.91. The van der Waals surface area contributed by atoms with Gasteiger partial charge in [0.2, 0.25) is 0 Å². The maximum Gasteiger partial charge on any atom is 0.416 e. The van der Waals surface area contributed by atoms with E-state index >= 15 is 0 Å². The van der Waals surface area contributed by atoms with Gasteiger partial charge in [-0.3, -0.25) is 9.69 Å². The zero-order valence-corrected chi connectivity index (χ0v) is 13.6. The van der Waals surface area contributed by atoms with Crippen LogP contribution in [-0.2, 0) is 17.5 Å². The highest BCUT2D eigenvalue weighted by atomic mass is 19.4. The van der Waals surface area contributed by atoms with Crippen LogP contribution in [0, 0.1) is 0 Å². The number of alkyl halides is 3. The van der Waals surface area contributed by atoms with Crippen molar-refractivity contribution in [2.24, 2.45) is 0 Å². The largest absolute Gasteiger partial charge is 0.416 e. The first-order valence-electron chi connectivity index (χ1n) is 7.69. The summed E-state index contributed by atoms with van der Waals surface area (Å²) >= 11 is 0. The molecule has 0 aliphatic carbocycles. The van der Waals surface area contributed by atoms with Crippen LogP contribution in [0.2, 0.25) is 0 Å². The molecule has 5 nitrogen and oxygen atoms in total. The van der Waals surface area contributed by atoms with E-state index in [9.17, 15) is 22.8 Å². The molecule has 0 aromatic heterocycles. The van der Waals surface area contributed by atoms with Crippen LogP contribution in [0.4, 0.5) is 18.0 Å². The zero-order valence-electron chi connectivity index (χ0n) is 13.6. The molecule has 1 aliphatic rings. The van der Waals surface area contributed by atoms with E-state index in [0.717, 1.165) is 23.5 Å². The van der Waals surface area contributed by atoms with Crippen molar-refractivity contribution in [3.8, 4) is 0 Å². The van der Waals surface area contributed by atoms with Gasteiger partial charge in [0.15, 0.2) is 0 Å². The van der Waals surface area contributed by atoms with E-state index in [4.69, 9.17) is 0 Å². The molecule has 1 aromatic rings. The third-order valence-corrected chi connectivity index (χ3v) is 3.80. The Morgan fingerprint density at radius 2 is 1.83 bits per heavy atom. The van der Waals surface area contributed by atoms with Gasteiger partial charge in [-0.05, 0) is 31.2 Å². The first kappa shape index (κ1) is 18.3. The molecule has 8 heteroatoms. The van der Waals surface area contributed by atoms with Gasteiger partial charge in [-0.15, -0.1) is 0 Å². The van der Waals surface area contributed by atoms with Crippen molar-refractivity contribution in [1.82, 2.24) is 15.1 Å². The summed E-state index contributed by atoms with van der Waals surface area (Å²) in [6.07, 6.45) is -2.99. The first-order valence-corrected chi connectivity index (χ1v) is 7.69. The van der Waals surface area contributed by atoms with Crippen LogP contribution < -0.4 is 5.32 Å². The number of hydrogen-bond donors (Lipinski definition) is 1. The number of imide groups is 1. The molecule has 1 aliphatic heterocycles. The number of hydrogen-bond acceptors (Lipinski definition) is 3. The minimum atomic E-state index is -4.36. The lowest BCUT2D eigenvalue weighted by Crippen LogP contribution is -2.40. The second kappa shape index (κ2) is 7.21. The van der Waals surface area contributed by atoms with Gasteiger partial charge < -0.3 is 5.32 Å². The van der Waals surface area contributed by atoms with Gasteiger partial charge in [0.1, 0.15) is 6.04 Å². The van der Waals surface area contributed by atoms with Crippen molar-refractivity contribution in [2.45, 2.75) is 38.5 Å². The number of carbonyl (C=O) groups excluding carboxylic acids is 2. The third-order valence-electron chi connectivity index (χ3n) is 3.80. The van der Waals surface area contributed by atoms with Gasteiger partial charge in [0.05, 0.1) is 12.2 Å². The fraction of sp³-hybridized carbons (Fsp3) is 0.500. The van der Waals surface area contributed by atoms with Crippen LogP contribution in [0.3, 0.4) is 0 Å². The van der Waals surface area contributed by atoms with Crippen molar-refractivity contribution in [2.75, 3.05) is 13.7 Å². The van der Waals surface area contributed by atoms with Crippen molar-refractivity contribution in [3.05, 3.63) is 35.4 Å². The molecule has 0 saturated carbocycles. The number of carbonyl (C=O) groups is 2. The topological polar surface area (TPSA) is 52.7 Å². The summed E-state index contributed by atoms with van der Waals surface area (Å²) in [4.78, 5) is 26.8. The molecule has 0 radical (unpaired) electrons. The van der Waals surface area contributed by atoms with Crippen molar-refractivity contribution in [3.63, 3.8) is 0 Å². The molecule has 1 fully saturated rings. The van der Waals surface area contributed by atoms with E-state index in [0.29, 0.717) is 18.5 Å². The number of urea groups is 1. The molecule has 0 unspecified atom stereocenters. The average molecular weight is 343 g/mol. The van der Waals surface area contributed by atoms with Crippen LogP contribution in [0.25, 0.3) is 0 Å². The van der Waals surface area contributed by atoms with Gasteiger partial charge in [-0.25, -0.2) is 9.69 Å². The van der Waals surface area contributed by atoms with Crippen molar-refractivity contribution in [1.29, 1.82) is 0 Å². The van der Waals surface area contributed by atoms with Crippen molar-refractivity contribution < 1.29 is 22.8 Å². The lowest BCUT2D eigenvalue weighted by molar-refractivity contribution is -0.137. The smallest absolute Gasteiger partial charge is 0.326 e. The number of rotatable bonds is 6. The molecule has 132 valence electrons. The highest BCUT2D eigenvalue weighted by Gasteiger charge is 2.37. The molecular weight excluding hydrogens is 323 g/mol. The Bertz CT molecular complexity index is 602. The summed E-state index contributed by atoms with van der Waals surface area (Å²) in [5, 5.41) is 2.63. The Labute approximate surface area is 138 Å². The molecule has 1 aromatic carbocycles. The predicted molar refractivity (Wildman–Crippen MR) is 81.9 cm³/mol. The van der Waals surface area contributed by atoms with E-state index in [1.165, 1.54) is 12.1 Å². The SMILES string of the molecule is CCC[C@@H]1NC(=O)N(CN(C)Cc2ccc(C(F)(F)F)cc2)C1=O. The van der Waals surface area contributed by atoms with Gasteiger partial charge >= 0.3 is 12.2 Å². The molecule has 3 amide bonds. The number of amides is 3. The molecule has 24 heavy (non-hydrogen) atoms. The van der Waals surface area contributed by atoms with Crippen LogP contribution in [0.15, 0.2) is 24.3 Å². The highest BCUT2D eigenvalue weighted by molar-refractivity contribution is 6.04. The zero-order chi connectivity index (χ0) is 17.9. The monoisotopic (exact) mass is 343 g/mol. The van der Waals surface area contributed by atoms with Crippen LogP contribution in [-0.4, -0.2) is 41.5 Å². The Kier molecular flexibility index (Phi) is 5.48. The summed E-state index contributed by atoms with van der Waals surface area (Å²) in [7, 11) is 1.70. The summed E-state index contributed by atoms with van der Waals surface area (Å²) in [6.45, 7) is 2.35. The minimum Gasteiger partial charge on any atom is -0.326 e. The summed E-state index contributed by atoms with van der Waals surface area (Å²) in [5.41, 5.74) is -0.0342. The number of nitrogens with zero attached hydrogens (tertiary/aromatic N) is 2. The summed E-state index contributed by atoms with van der Waals surface area (Å²) < 4.78 is 37.6. The summed E-state index contributed by atoms with van der Waals surface area (Å²) in [6, 6.07) is 3.91. The molecule has 2 rings (SSSR count). The van der Waals surface area contributed by atoms with Crippen LogP contribution in [0.1, 0.15) is 30.9 Å². The number of benzene rings is 1. The van der Waals surface area contributed by atoms with E-state index in [2.05, 4.69) is 5.32 Å². The molecule has 1 heterocycles. The van der Waals surface area contributed by atoms with Gasteiger partial charge in [0.25, 0.3) is 5.91 Å². The lowest BCUT2D eigenvalue weighted by atomic mass is 10.1. The molecule has 0 bridgehead atoms. The van der Waals surface area contributed by atoms with Crippen LogP contribution >= 0.6 is 0 Å². The van der Waals surface area contributed by atoms with Crippen LogP contribution in [0.5, 0.6) is 0 Å². The molecule has 1 N–H and O–H groups in total. The maximum atomic E-state index is 12.5. The van der Waals surface area contributed by atoms with E-state index in [-0.39, 0.29) is 12.6 Å². The second-order valence-electron chi connectivity index (χ2n) is 5.91. The normalized spacial score (nSPS) is 18.4. The molecule has 0 spiro atoms. The number of halogens is 3. The fourth-order valence-corrected chi connectivity index (χ4v) is 2.60. The Balaban J connectivity index is 1.94. The van der Waals surface area contributed by atoms with E-state index in [1.807, 2.05) is 6.92 Å².